The average molecular weight is 304 g/mol. The van der Waals surface area contributed by atoms with Crippen molar-refractivity contribution in [3.8, 4) is 0 Å². The molecule has 0 aliphatic heterocycles. The number of aromatic nitrogens is 2. The largest absolute Gasteiger partial charge is 0.281 e. The molecule has 2 rings (SSSR count). The minimum Gasteiger partial charge on any atom is -0.281 e. The van der Waals surface area contributed by atoms with Crippen molar-refractivity contribution in [3.05, 3.63) is 47.0 Å². The third-order valence-electron chi connectivity index (χ3n) is 2.28. The first-order valence-electron chi connectivity index (χ1n) is 5.28. The van der Waals surface area contributed by atoms with E-state index in [0.29, 0.717) is 22.8 Å². The maximum atomic E-state index is 12.9. The zero-order chi connectivity index (χ0) is 14.0. The Hall–Kier alpha value is -1.60. The van der Waals surface area contributed by atoms with Gasteiger partial charge < -0.3 is 0 Å². The molecule has 2 aromatic rings. The summed E-state index contributed by atoms with van der Waals surface area (Å²) in [5.41, 5.74) is 1.05. The van der Waals surface area contributed by atoms with E-state index < -0.39 is 15.8 Å². The van der Waals surface area contributed by atoms with E-state index >= 15 is 0 Å². The Morgan fingerprint density at radius 3 is 2.84 bits per heavy atom. The minimum atomic E-state index is -3.33. The quantitative estimate of drug-likeness (QED) is 0.940. The van der Waals surface area contributed by atoms with E-state index in [0.717, 1.165) is 6.26 Å². The first-order chi connectivity index (χ1) is 8.83. The first-order valence-corrected chi connectivity index (χ1v) is 7.54. The summed E-state index contributed by atoms with van der Waals surface area (Å²) in [5.74, 6) is -0.409. The molecule has 0 fully saturated rings. The van der Waals surface area contributed by atoms with Crippen LogP contribution in [0, 0.1) is 5.82 Å². The number of nitrogens with zero attached hydrogens (tertiary/aromatic N) is 2. The van der Waals surface area contributed by atoms with Gasteiger partial charge in [-0.25, -0.2) is 12.8 Å². The Morgan fingerprint density at radius 1 is 1.47 bits per heavy atom. The minimum absolute atomic E-state index is 0.299. The van der Waals surface area contributed by atoms with Crippen LogP contribution in [0.15, 0.2) is 30.6 Å². The van der Waals surface area contributed by atoms with Crippen LogP contribution in [0.3, 0.4) is 0 Å². The monoisotopic (exact) mass is 303 g/mol. The van der Waals surface area contributed by atoms with Crippen LogP contribution in [-0.2, 0) is 16.6 Å². The molecular formula is C11H11ClFN3O2S. The lowest BCUT2D eigenvalue weighted by atomic mass is 10.2. The molecule has 1 aromatic carbocycles. The molecule has 0 aliphatic carbocycles. The van der Waals surface area contributed by atoms with Gasteiger partial charge in [-0.1, -0.05) is 17.7 Å². The number of sulfonamides is 1. The van der Waals surface area contributed by atoms with Crippen LogP contribution in [-0.4, -0.2) is 24.5 Å². The van der Waals surface area contributed by atoms with Gasteiger partial charge in [-0.15, -0.1) is 0 Å². The fourth-order valence-corrected chi connectivity index (χ4v) is 2.30. The van der Waals surface area contributed by atoms with Gasteiger partial charge >= 0.3 is 0 Å². The van der Waals surface area contributed by atoms with E-state index in [1.165, 1.54) is 29.2 Å². The van der Waals surface area contributed by atoms with Gasteiger partial charge in [0.2, 0.25) is 10.0 Å². The summed E-state index contributed by atoms with van der Waals surface area (Å²) >= 11 is 5.90. The Morgan fingerprint density at radius 2 is 2.21 bits per heavy atom. The summed E-state index contributed by atoms with van der Waals surface area (Å²) in [7, 11) is -3.33. The number of rotatable bonds is 4. The van der Waals surface area contributed by atoms with Crippen molar-refractivity contribution in [1.82, 2.24) is 9.78 Å². The van der Waals surface area contributed by atoms with Crippen LogP contribution in [0.25, 0.3) is 0 Å². The van der Waals surface area contributed by atoms with Crippen molar-refractivity contribution in [3.63, 3.8) is 0 Å². The van der Waals surface area contributed by atoms with Crippen molar-refractivity contribution in [1.29, 1.82) is 0 Å². The maximum absolute atomic E-state index is 12.9. The molecule has 0 amide bonds. The Kier molecular flexibility index (Phi) is 3.77. The van der Waals surface area contributed by atoms with Crippen molar-refractivity contribution < 1.29 is 12.8 Å². The van der Waals surface area contributed by atoms with Gasteiger partial charge in [-0.2, -0.15) is 5.10 Å². The molecule has 0 aliphatic rings. The van der Waals surface area contributed by atoms with Crippen LogP contribution in [0.4, 0.5) is 10.1 Å². The Bertz CT molecular complexity index is 700. The SMILES string of the molecule is CS(=O)(=O)Nc1cnn(Cc2ccc(F)cc2Cl)c1. The number of hydrogen-bond donors (Lipinski definition) is 1. The van der Waals surface area contributed by atoms with Gasteiger partial charge in [0.15, 0.2) is 0 Å². The third kappa shape index (κ3) is 3.93. The summed E-state index contributed by atoms with van der Waals surface area (Å²) in [6.45, 7) is 0.324. The molecule has 1 heterocycles. The average Bonchev–Trinajstić information content (AvgIpc) is 2.67. The van der Waals surface area contributed by atoms with Crippen molar-refractivity contribution >= 4 is 27.3 Å². The highest BCUT2D eigenvalue weighted by Gasteiger charge is 2.07. The van der Waals surface area contributed by atoms with Gasteiger partial charge in [0, 0.05) is 11.2 Å². The highest BCUT2D eigenvalue weighted by atomic mass is 35.5. The third-order valence-corrected chi connectivity index (χ3v) is 3.24. The molecule has 0 saturated heterocycles. The molecule has 0 radical (unpaired) electrons. The van der Waals surface area contributed by atoms with Gasteiger partial charge in [0.1, 0.15) is 5.82 Å². The molecule has 102 valence electrons. The summed E-state index contributed by atoms with van der Waals surface area (Å²) in [6, 6.07) is 4.08. The van der Waals surface area contributed by atoms with Crippen LogP contribution in [0.2, 0.25) is 5.02 Å². The molecule has 1 aromatic heterocycles. The normalized spacial score (nSPS) is 11.5. The van der Waals surface area contributed by atoms with Crippen LogP contribution >= 0.6 is 11.6 Å². The second kappa shape index (κ2) is 5.18. The predicted octanol–water partition coefficient (Wildman–Crippen LogP) is 2.10. The number of nitrogens with one attached hydrogen (secondary N) is 1. The molecule has 5 nitrogen and oxygen atoms in total. The molecule has 8 heteroatoms. The fraction of sp³-hybridized carbons (Fsp3) is 0.182. The smallest absolute Gasteiger partial charge is 0.229 e. The van der Waals surface area contributed by atoms with Gasteiger partial charge in [0.25, 0.3) is 0 Å². The second-order valence-electron chi connectivity index (χ2n) is 4.04. The zero-order valence-electron chi connectivity index (χ0n) is 9.97. The number of hydrogen-bond acceptors (Lipinski definition) is 3. The molecule has 1 N–H and O–H groups in total. The van der Waals surface area contributed by atoms with Crippen molar-refractivity contribution in [2.75, 3.05) is 11.0 Å². The van der Waals surface area contributed by atoms with E-state index in [4.69, 9.17) is 11.6 Å². The molecular weight excluding hydrogens is 293 g/mol. The zero-order valence-corrected chi connectivity index (χ0v) is 11.5. The van der Waals surface area contributed by atoms with Crippen LogP contribution < -0.4 is 4.72 Å². The van der Waals surface area contributed by atoms with Gasteiger partial charge in [-0.05, 0) is 17.7 Å². The Labute approximate surface area is 115 Å². The lowest BCUT2D eigenvalue weighted by Crippen LogP contribution is -2.08. The molecule has 0 unspecified atom stereocenters. The molecule has 19 heavy (non-hydrogen) atoms. The number of halogens is 2. The van der Waals surface area contributed by atoms with Crippen molar-refractivity contribution in [2.45, 2.75) is 6.54 Å². The van der Waals surface area contributed by atoms with Crippen molar-refractivity contribution in [2.24, 2.45) is 0 Å². The lowest BCUT2D eigenvalue weighted by Gasteiger charge is -2.04. The van der Waals surface area contributed by atoms with Gasteiger partial charge in [0.05, 0.1) is 24.7 Å². The highest BCUT2D eigenvalue weighted by Crippen LogP contribution is 2.18. The highest BCUT2D eigenvalue weighted by molar-refractivity contribution is 7.92. The van der Waals surface area contributed by atoms with E-state index in [1.807, 2.05) is 0 Å². The maximum Gasteiger partial charge on any atom is 0.229 e. The molecule has 0 spiro atoms. The number of anilines is 1. The first kappa shape index (κ1) is 13.8. The lowest BCUT2D eigenvalue weighted by molar-refractivity contribution is 0.606. The summed E-state index contributed by atoms with van der Waals surface area (Å²) in [5, 5.41) is 4.30. The Balaban J connectivity index is 2.16. The summed E-state index contributed by atoms with van der Waals surface area (Å²) in [6.07, 6.45) is 3.97. The fourth-order valence-electron chi connectivity index (χ4n) is 1.54. The van der Waals surface area contributed by atoms with Gasteiger partial charge in [-0.3, -0.25) is 9.40 Å². The standard InChI is InChI=1S/C11H11ClFN3O2S/c1-19(17,18)15-10-5-14-16(7-10)6-8-2-3-9(13)4-11(8)12/h2-5,7,15H,6H2,1H3. The second-order valence-corrected chi connectivity index (χ2v) is 6.19. The van der Waals surface area contributed by atoms with Crippen LogP contribution in [0.1, 0.15) is 5.56 Å². The summed E-state index contributed by atoms with van der Waals surface area (Å²) < 4.78 is 38.8. The predicted molar refractivity (Wildman–Crippen MR) is 71.2 cm³/mol. The van der Waals surface area contributed by atoms with E-state index in [9.17, 15) is 12.8 Å². The van der Waals surface area contributed by atoms with Crippen LogP contribution in [0.5, 0.6) is 0 Å². The van der Waals surface area contributed by atoms with E-state index in [1.54, 1.807) is 6.07 Å². The number of benzene rings is 1. The van der Waals surface area contributed by atoms with E-state index in [-0.39, 0.29) is 0 Å². The van der Waals surface area contributed by atoms with E-state index in [2.05, 4.69) is 9.82 Å². The molecule has 0 atom stereocenters. The summed E-state index contributed by atoms with van der Waals surface area (Å²) in [4.78, 5) is 0. The topological polar surface area (TPSA) is 64.0 Å². The molecule has 0 saturated carbocycles. The molecule has 0 bridgehead atoms.